The Labute approximate surface area is 141 Å². The number of benzene rings is 1. The minimum Gasteiger partial charge on any atom is -0.508 e. The molecule has 1 saturated heterocycles. The van der Waals surface area contributed by atoms with E-state index in [2.05, 4.69) is 32.2 Å². The van der Waals surface area contributed by atoms with Crippen LogP contribution >= 0.6 is 40.7 Å². The minimum atomic E-state index is 0. The van der Waals surface area contributed by atoms with Gasteiger partial charge in [0.05, 0.1) is 0 Å². The van der Waals surface area contributed by atoms with E-state index in [1.54, 1.807) is 6.07 Å². The van der Waals surface area contributed by atoms with Crippen molar-refractivity contribution >= 4 is 40.7 Å². The molecule has 2 N–H and O–H groups in total. The van der Waals surface area contributed by atoms with Crippen LogP contribution in [0, 0.1) is 5.92 Å². The smallest absolute Gasteiger partial charge is 0.120 e. The lowest BCUT2D eigenvalue weighted by Crippen LogP contribution is -2.45. The second-order valence-electron chi connectivity index (χ2n) is 5.27. The molecule has 2 aliphatic rings. The number of hydrogen-bond acceptors (Lipinski definition) is 3. The highest BCUT2D eigenvalue weighted by atomic mass is 79.9. The third kappa shape index (κ3) is 4.01. The molecule has 6 heteroatoms. The number of nitrogens with one attached hydrogen (secondary N) is 1. The molecular formula is C14H21BrCl2N2O. The number of phenols is 1. The first-order valence-electron chi connectivity index (χ1n) is 6.69. The molecule has 1 aliphatic heterocycles. The Morgan fingerprint density at radius 3 is 2.45 bits per heavy atom. The van der Waals surface area contributed by atoms with Gasteiger partial charge in [-0.3, -0.25) is 4.90 Å². The van der Waals surface area contributed by atoms with Crippen molar-refractivity contribution in [2.75, 3.05) is 26.2 Å². The molecule has 1 saturated carbocycles. The van der Waals surface area contributed by atoms with Gasteiger partial charge in [0.1, 0.15) is 5.75 Å². The van der Waals surface area contributed by atoms with Gasteiger partial charge < -0.3 is 10.4 Å². The van der Waals surface area contributed by atoms with Crippen LogP contribution in [0.15, 0.2) is 22.7 Å². The molecule has 20 heavy (non-hydrogen) atoms. The summed E-state index contributed by atoms with van der Waals surface area (Å²) in [4.78, 5) is 2.52. The van der Waals surface area contributed by atoms with Crippen LogP contribution in [0.4, 0.5) is 0 Å². The number of nitrogens with zero attached hydrogens (tertiary/aromatic N) is 1. The average molecular weight is 384 g/mol. The first-order chi connectivity index (χ1) is 8.75. The highest BCUT2D eigenvalue weighted by Gasteiger charge is 2.38. The summed E-state index contributed by atoms with van der Waals surface area (Å²) < 4.78 is 1.05. The fraction of sp³-hybridized carbons (Fsp3) is 0.571. The van der Waals surface area contributed by atoms with Crippen molar-refractivity contribution in [2.45, 2.75) is 18.9 Å². The number of aromatic hydroxyl groups is 1. The molecule has 1 aromatic carbocycles. The first-order valence-corrected chi connectivity index (χ1v) is 7.48. The summed E-state index contributed by atoms with van der Waals surface area (Å²) in [5, 5.41) is 13.5. The zero-order chi connectivity index (χ0) is 12.5. The molecule has 3 rings (SSSR count). The number of phenolic OH excluding ortho intramolecular Hbond substituents is 1. The van der Waals surface area contributed by atoms with E-state index in [0.29, 0.717) is 11.8 Å². The van der Waals surface area contributed by atoms with Crippen molar-refractivity contribution in [1.29, 1.82) is 0 Å². The molecule has 0 spiro atoms. The fourth-order valence-corrected chi connectivity index (χ4v) is 3.26. The summed E-state index contributed by atoms with van der Waals surface area (Å²) in [6.07, 6.45) is 2.58. The van der Waals surface area contributed by atoms with Gasteiger partial charge in [-0.25, -0.2) is 0 Å². The first kappa shape index (κ1) is 18.1. The molecule has 0 radical (unpaired) electrons. The number of piperazine rings is 1. The molecule has 1 atom stereocenters. The molecule has 0 amide bonds. The van der Waals surface area contributed by atoms with Crippen molar-refractivity contribution in [3.8, 4) is 5.75 Å². The number of halogens is 3. The summed E-state index contributed by atoms with van der Waals surface area (Å²) >= 11 is 3.52. The molecule has 1 aromatic rings. The van der Waals surface area contributed by atoms with Gasteiger partial charge in [-0.15, -0.1) is 24.8 Å². The Morgan fingerprint density at radius 2 is 1.85 bits per heavy atom. The van der Waals surface area contributed by atoms with Crippen LogP contribution in [0.2, 0.25) is 0 Å². The summed E-state index contributed by atoms with van der Waals surface area (Å²) in [5.41, 5.74) is 1.09. The van der Waals surface area contributed by atoms with Gasteiger partial charge in [-0.1, -0.05) is 15.9 Å². The van der Waals surface area contributed by atoms with Crippen LogP contribution in [0.3, 0.4) is 0 Å². The third-order valence-electron chi connectivity index (χ3n) is 3.92. The van der Waals surface area contributed by atoms with E-state index >= 15 is 0 Å². The Balaban J connectivity index is 0.000001000. The van der Waals surface area contributed by atoms with Crippen LogP contribution in [-0.4, -0.2) is 36.2 Å². The SMILES string of the molecule is Cl.Cl.Oc1ccc(Br)cc1[C@H](C1CC1)N1CCNCC1. The third-order valence-corrected chi connectivity index (χ3v) is 4.41. The van der Waals surface area contributed by atoms with Gasteiger partial charge in [0.15, 0.2) is 0 Å². The van der Waals surface area contributed by atoms with Crippen LogP contribution in [-0.2, 0) is 0 Å². The molecule has 1 aliphatic carbocycles. The molecule has 0 unspecified atom stereocenters. The monoisotopic (exact) mass is 382 g/mol. The van der Waals surface area contributed by atoms with Gasteiger partial charge in [-0.2, -0.15) is 0 Å². The Bertz CT molecular complexity index is 437. The lowest BCUT2D eigenvalue weighted by molar-refractivity contribution is 0.153. The van der Waals surface area contributed by atoms with Crippen LogP contribution in [0.25, 0.3) is 0 Å². The highest BCUT2D eigenvalue weighted by Crippen LogP contribution is 2.47. The second kappa shape index (κ2) is 7.85. The summed E-state index contributed by atoms with van der Waals surface area (Å²) in [5.74, 6) is 1.16. The van der Waals surface area contributed by atoms with E-state index < -0.39 is 0 Å². The quantitative estimate of drug-likeness (QED) is 0.839. The Kier molecular flexibility index (Phi) is 7.09. The van der Waals surface area contributed by atoms with Crippen LogP contribution < -0.4 is 5.32 Å². The van der Waals surface area contributed by atoms with E-state index in [-0.39, 0.29) is 24.8 Å². The molecule has 0 bridgehead atoms. The topological polar surface area (TPSA) is 35.5 Å². The molecule has 0 aromatic heterocycles. The van der Waals surface area contributed by atoms with E-state index in [4.69, 9.17) is 0 Å². The van der Waals surface area contributed by atoms with Crippen molar-refractivity contribution in [1.82, 2.24) is 10.2 Å². The second-order valence-corrected chi connectivity index (χ2v) is 6.19. The van der Waals surface area contributed by atoms with Crippen LogP contribution in [0.5, 0.6) is 5.75 Å². The van der Waals surface area contributed by atoms with Crippen molar-refractivity contribution in [2.24, 2.45) is 5.92 Å². The Hall–Kier alpha value is -0.0000000000000000971. The van der Waals surface area contributed by atoms with Crippen LogP contribution in [0.1, 0.15) is 24.4 Å². The lowest BCUT2D eigenvalue weighted by atomic mass is 9.99. The predicted molar refractivity (Wildman–Crippen MR) is 90.2 cm³/mol. The number of rotatable bonds is 3. The minimum absolute atomic E-state index is 0. The van der Waals surface area contributed by atoms with Gasteiger partial charge in [0.2, 0.25) is 0 Å². The highest BCUT2D eigenvalue weighted by molar-refractivity contribution is 9.10. The lowest BCUT2D eigenvalue weighted by Gasteiger charge is -2.35. The maximum atomic E-state index is 10.1. The zero-order valence-corrected chi connectivity index (χ0v) is 14.4. The van der Waals surface area contributed by atoms with E-state index in [1.807, 2.05) is 6.07 Å². The number of hydrogen-bond donors (Lipinski definition) is 2. The van der Waals surface area contributed by atoms with Gasteiger partial charge >= 0.3 is 0 Å². The summed E-state index contributed by atoms with van der Waals surface area (Å²) in [6.45, 7) is 4.26. The fourth-order valence-electron chi connectivity index (χ4n) is 2.88. The van der Waals surface area contributed by atoms with Crippen molar-refractivity contribution in [3.63, 3.8) is 0 Å². The molecule has 1 heterocycles. The van der Waals surface area contributed by atoms with E-state index in [9.17, 15) is 5.11 Å². The van der Waals surface area contributed by atoms with Gasteiger partial charge in [0.25, 0.3) is 0 Å². The summed E-state index contributed by atoms with van der Waals surface area (Å²) in [6, 6.07) is 6.18. The maximum absolute atomic E-state index is 10.1. The largest absolute Gasteiger partial charge is 0.508 e. The van der Waals surface area contributed by atoms with Gasteiger partial charge in [-0.05, 0) is 37.0 Å². The predicted octanol–water partition coefficient (Wildman–Crippen LogP) is 3.35. The molecule has 2 fully saturated rings. The van der Waals surface area contributed by atoms with E-state index in [0.717, 1.165) is 42.1 Å². The van der Waals surface area contributed by atoms with E-state index in [1.165, 1.54) is 12.8 Å². The molecule has 3 nitrogen and oxygen atoms in total. The molecule has 114 valence electrons. The zero-order valence-electron chi connectivity index (χ0n) is 11.2. The molecular weight excluding hydrogens is 363 g/mol. The Morgan fingerprint density at radius 1 is 1.20 bits per heavy atom. The standard InChI is InChI=1S/C14H19BrN2O.2ClH/c15-11-3-4-13(18)12(9-11)14(10-1-2-10)17-7-5-16-6-8-17;;/h3-4,9-10,14,16,18H,1-2,5-8H2;2*1H/t14-;;/m0../s1. The van der Waals surface area contributed by atoms with Gasteiger partial charge in [0, 0.05) is 42.3 Å². The maximum Gasteiger partial charge on any atom is 0.120 e. The van der Waals surface area contributed by atoms with Crippen molar-refractivity contribution < 1.29 is 5.11 Å². The van der Waals surface area contributed by atoms with Crippen molar-refractivity contribution in [3.05, 3.63) is 28.2 Å². The normalized spacial score (nSPS) is 20.6. The summed E-state index contributed by atoms with van der Waals surface area (Å²) in [7, 11) is 0. The average Bonchev–Trinajstić information content (AvgIpc) is 3.20.